The molecule has 0 aromatic heterocycles. The molecule has 7 nitrogen and oxygen atoms in total. The van der Waals surface area contributed by atoms with E-state index < -0.39 is 36.6 Å². The number of Topliss-reactive ketones (excluding diaryl/α,β-unsaturated/α-hetero) is 1. The minimum Gasteiger partial charge on any atom is -0.456 e. The second kappa shape index (κ2) is 7.50. The molecule has 1 aliphatic heterocycles. The summed E-state index contributed by atoms with van der Waals surface area (Å²) in [5.74, 6) is -1.62. The van der Waals surface area contributed by atoms with Gasteiger partial charge in [-0.2, -0.15) is 0 Å². The summed E-state index contributed by atoms with van der Waals surface area (Å²) < 4.78 is 5.00. The number of fused-ring (bicyclic) bond motifs is 2. The maximum Gasteiger partial charge on any atom is 0.326 e. The summed E-state index contributed by atoms with van der Waals surface area (Å²) in [6.07, 6.45) is 2.07. The van der Waals surface area contributed by atoms with E-state index in [0.29, 0.717) is 12.0 Å². The molecule has 148 valence electrons. The Kier molecular flexibility index (Phi) is 4.88. The molecule has 1 spiro atoms. The van der Waals surface area contributed by atoms with Gasteiger partial charge in [0.1, 0.15) is 12.1 Å². The maximum absolute atomic E-state index is 13.1. The van der Waals surface area contributed by atoms with Gasteiger partial charge in [0.25, 0.3) is 5.91 Å². The number of carbonyl (C=O) groups excluding carboxylic acids is 4. The van der Waals surface area contributed by atoms with Crippen molar-refractivity contribution in [1.82, 2.24) is 10.2 Å². The van der Waals surface area contributed by atoms with Crippen molar-refractivity contribution in [3.8, 4) is 0 Å². The summed E-state index contributed by atoms with van der Waals surface area (Å²) in [6.45, 7) is -0.975. The van der Waals surface area contributed by atoms with Crippen molar-refractivity contribution in [2.45, 2.75) is 24.8 Å². The molecule has 3 amide bonds. The minimum absolute atomic E-state index is 0.353. The number of benzene rings is 2. The van der Waals surface area contributed by atoms with E-state index in [1.807, 2.05) is 24.3 Å². The monoisotopic (exact) mass is 392 g/mol. The average molecular weight is 392 g/mol. The number of amides is 3. The van der Waals surface area contributed by atoms with E-state index in [1.165, 1.54) is 0 Å². The summed E-state index contributed by atoms with van der Waals surface area (Å²) in [5, 5.41) is 2.78. The van der Waals surface area contributed by atoms with Gasteiger partial charge in [-0.1, -0.05) is 54.6 Å². The molecule has 1 fully saturated rings. The van der Waals surface area contributed by atoms with E-state index in [2.05, 4.69) is 5.32 Å². The van der Waals surface area contributed by atoms with Crippen molar-refractivity contribution >= 4 is 23.7 Å². The van der Waals surface area contributed by atoms with E-state index in [0.717, 1.165) is 28.9 Å². The van der Waals surface area contributed by atoms with Gasteiger partial charge in [-0.3, -0.25) is 19.3 Å². The number of nitrogens with zero attached hydrogens (tertiary/aromatic N) is 1. The molecule has 0 bridgehead atoms. The van der Waals surface area contributed by atoms with Crippen LogP contribution in [0.4, 0.5) is 4.79 Å². The number of ether oxygens (including phenoxy) is 1. The van der Waals surface area contributed by atoms with Crippen molar-refractivity contribution in [2.75, 3.05) is 13.2 Å². The van der Waals surface area contributed by atoms with Gasteiger partial charge in [-0.05, 0) is 30.4 Å². The van der Waals surface area contributed by atoms with Gasteiger partial charge in [0.2, 0.25) is 0 Å². The maximum atomic E-state index is 13.1. The van der Waals surface area contributed by atoms with Crippen molar-refractivity contribution in [3.63, 3.8) is 0 Å². The number of esters is 1. The lowest BCUT2D eigenvalue weighted by molar-refractivity contribution is -0.147. The first-order valence-electron chi connectivity index (χ1n) is 9.47. The van der Waals surface area contributed by atoms with Crippen LogP contribution < -0.4 is 5.32 Å². The van der Waals surface area contributed by atoms with Crippen LogP contribution >= 0.6 is 0 Å². The van der Waals surface area contributed by atoms with Crippen LogP contribution in [0.15, 0.2) is 54.6 Å². The van der Waals surface area contributed by atoms with Gasteiger partial charge >= 0.3 is 12.0 Å². The molecule has 0 radical (unpaired) electrons. The van der Waals surface area contributed by atoms with Crippen LogP contribution in [-0.2, 0) is 26.3 Å². The summed E-state index contributed by atoms with van der Waals surface area (Å²) in [7, 11) is 0. The number of hydrogen-bond donors (Lipinski definition) is 1. The lowest BCUT2D eigenvalue weighted by Gasteiger charge is -2.33. The van der Waals surface area contributed by atoms with E-state index in [-0.39, 0.29) is 5.78 Å². The SMILES string of the molecule is O=C(CN1C(=O)NC2(CCCc3ccccc32)C1=O)OCC(=O)c1ccccc1. The minimum atomic E-state index is -1.13. The van der Waals surface area contributed by atoms with Gasteiger partial charge in [0, 0.05) is 5.56 Å². The second-order valence-electron chi connectivity index (χ2n) is 7.19. The third-order valence-electron chi connectivity index (χ3n) is 5.40. The number of carbonyl (C=O) groups is 4. The molecule has 29 heavy (non-hydrogen) atoms. The Morgan fingerprint density at radius 2 is 1.76 bits per heavy atom. The van der Waals surface area contributed by atoms with Crippen LogP contribution in [0.5, 0.6) is 0 Å². The Morgan fingerprint density at radius 3 is 2.55 bits per heavy atom. The zero-order chi connectivity index (χ0) is 20.4. The summed E-state index contributed by atoms with van der Waals surface area (Å²) in [4.78, 5) is 50.7. The third-order valence-corrected chi connectivity index (χ3v) is 5.40. The van der Waals surface area contributed by atoms with Gasteiger partial charge in [0.15, 0.2) is 12.4 Å². The Morgan fingerprint density at radius 1 is 1.03 bits per heavy atom. The number of hydrogen-bond acceptors (Lipinski definition) is 5. The topological polar surface area (TPSA) is 92.8 Å². The molecular weight excluding hydrogens is 372 g/mol. The van der Waals surface area contributed by atoms with E-state index >= 15 is 0 Å². The molecule has 2 aliphatic rings. The van der Waals surface area contributed by atoms with Gasteiger partial charge in [-0.15, -0.1) is 0 Å². The standard InChI is InChI=1S/C22H20N2O5/c25-18(16-8-2-1-3-9-16)14-29-19(26)13-24-20(27)22(23-21(24)28)12-6-10-15-7-4-5-11-17(15)22/h1-5,7-9,11H,6,10,12-14H2,(H,23,28). The molecule has 2 aromatic rings. The largest absolute Gasteiger partial charge is 0.456 e. The molecular formula is C22H20N2O5. The molecule has 0 saturated carbocycles. The van der Waals surface area contributed by atoms with E-state index in [1.54, 1.807) is 30.3 Å². The van der Waals surface area contributed by atoms with Crippen molar-refractivity contribution < 1.29 is 23.9 Å². The molecule has 7 heteroatoms. The van der Waals surface area contributed by atoms with Crippen molar-refractivity contribution in [1.29, 1.82) is 0 Å². The zero-order valence-electron chi connectivity index (χ0n) is 15.7. The fourth-order valence-electron chi connectivity index (χ4n) is 3.98. The predicted octanol–water partition coefficient (Wildman–Crippen LogP) is 2.20. The van der Waals surface area contributed by atoms with Crippen LogP contribution in [-0.4, -0.2) is 41.7 Å². The zero-order valence-corrected chi connectivity index (χ0v) is 15.7. The molecule has 1 unspecified atom stereocenters. The Balaban J connectivity index is 1.44. The van der Waals surface area contributed by atoms with Crippen LogP contribution in [0.25, 0.3) is 0 Å². The summed E-state index contributed by atoms with van der Waals surface area (Å²) in [5.41, 5.74) is 1.09. The Bertz CT molecular complexity index is 988. The molecule has 1 atom stereocenters. The fraction of sp³-hybridized carbons (Fsp3) is 0.273. The van der Waals surface area contributed by atoms with Crippen molar-refractivity contribution in [2.24, 2.45) is 0 Å². The van der Waals surface area contributed by atoms with E-state index in [4.69, 9.17) is 4.74 Å². The van der Waals surface area contributed by atoms with E-state index in [9.17, 15) is 19.2 Å². The normalized spacial score (nSPS) is 20.3. The quantitative estimate of drug-likeness (QED) is 0.478. The molecule has 1 aliphatic carbocycles. The highest BCUT2D eigenvalue weighted by Gasteiger charge is 2.54. The summed E-state index contributed by atoms with van der Waals surface area (Å²) >= 11 is 0. The number of ketones is 1. The third kappa shape index (κ3) is 3.40. The Labute approximate surface area is 167 Å². The summed E-state index contributed by atoms with van der Waals surface area (Å²) in [6, 6.07) is 15.3. The van der Waals surface area contributed by atoms with Gasteiger partial charge in [-0.25, -0.2) is 4.79 Å². The number of urea groups is 1. The molecule has 1 saturated heterocycles. The first kappa shape index (κ1) is 18.9. The highest BCUT2D eigenvalue weighted by atomic mass is 16.5. The molecule has 2 aromatic carbocycles. The highest BCUT2D eigenvalue weighted by Crippen LogP contribution is 2.39. The predicted molar refractivity (Wildman–Crippen MR) is 103 cm³/mol. The Hall–Kier alpha value is -3.48. The number of rotatable bonds is 5. The van der Waals surface area contributed by atoms with Crippen molar-refractivity contribution in [3.05, 3.63) is 71.3 Å². The molecule has 1 heterocycles. The fourth-order valence-corrected chi connectivity index (χ4v) is 3.98. The van der Waals surface area contributed by atoms with Crippen LogP contribution in [0, 0.1) is 0 Å². The first-order valence-corrected chi connectivity index (χ1v) is 9.47. The molecule has 4 rings (SSSR count). The average Bonchev–Trinajstić information content (AvgIpc) is 2.97. The highest BCUT2D eigenvalue weighted by molar-refractivity contribution is 6.09. The lowest BCUT2D eigenvalue weighted by atomic mass is 9.76. The van der Waals surface area contributed by atoms with Gasteiger partial charge in [0.05, 0.1) is 0 Å². The number of nitrogens with one attached hydrogen (secondary N) is 1. The van der Waals surface area contributed by atoms with Crippen LogP contribution in [0.1, 0.15) is 34.3 Å². The lowest BCUT2D eigenvalue weighted by Crippen LogP contribution is -2.46. The smallest absolute Gasteiger partial charge is 0.326 e. The number of aryl methyl sites for hydroxylation is 1. The molecule has 1 N–H and O–H groups in total. The van der Waals surface area contributed by atoms with Crippen LogP contribution in [0.3, 0.4) is 0 Å². The van der Waals surface area contributed by atoms with Crippen LogP contribution in [0.2, 0.25) is 0 Å². The first-order chi connectivity index (χ1) is 14.0. The van der Waals surface area contributed by atoms with Gasteiger partial charge < -0.3 is 10.1 Å². The number of imide groups is 1. The second-order valence-corrected chi connectivity index (χ2v) is 7.19.